The third-order valence-electron chi connectivity index (χ3n) is 3.12. The van der Waals surface area contributed by atoms with Crippen molar-refractivity contribution >= 4 is 23.4 Å². The van der Waals surface area contributed by atoms with Gasteiger partial charge in [-0.05, 0) is 30.3 Å². The number of carbonyl (C=O) groups is 2. The summed E-state index contributed by atoms with van der Waals surface area (Å²) >= 11 is 5.84. The van der Waals surface area contributed by atoms with Crippen molar-refractivity contribution in [1.82, 2.24) is 10.9 Å². The van der Waals surface area contributed by atoms with Crippen LogP contribution in [0.15, 0.2) is 36.4 Å². The molecular formula is C16H14ClFN2O4. The van der Waals surface area contributed by atoms with Crippen LogP contribution >= 0.6 is 11.6 Å². The van der Waals surface area contributed by atoms with Crippen LogP contribution in [-0.2, 0) is 0 Å². The van der Waals surface area contributed by atoms with E-state index in [1.54, 1.807) is 6.07 Å². The van der Waals surface area contributed by atoms with Gasteiger partial charge in [0.25, 0.3) is 11.8 Å². The second kappa shape index (κ2) is 7.65. The van der Waals surface area contributed by atoms with Gasteiger partial charge in [-0.25, -0.2) is 4.39 Å². The van der Waals surface area contributed by atoms with Crippen molar-refractivity contribution in [2.24, 2.45) is 0 Å². The van der Waals surface area contributed by atoms with E-state index in [0.29, 0.717) is 5.02 Å². The Morgan fingerprint density at radius 2 is 1.62 bits per heavy atom. The summed E-state index contributed by atoms with van der Waals surface area (Å²) in [5.41, 5.74) is 4.19. The van der Waals surface area contributed by atoms with Crippen molar-refractivity contribution in [2.75, 3.05) is 14.2 Å². The quantitative estimate of drug-likeness (QED) is 0.829. The van der Waals surface area contributed by atoms with E-state index in [0.717, 1.165) is 6.07 Å². The summed E-state index contributed by atoms with van der Waals surface area (Å²) in [6, 6.07) is 8.20. The van der Waals surface area contributed by atoms with Gasteiger partial charge in [0, 0.05) is 11.1 Å². The molecule has 2 rings (SSSR count). The largest absolute Gasteiger partial charge is 0.497 e. The molecule has 0 aliphatic heterocycles. The summed E-state index contributed by atoms with van der Waals surface area (Å²) < 4.78 is 23.7. The van der Waals surface area contributed by atoms with Crippen molar-refractivity contribution in [3.8, 4) is 11.5 Å². The fraction of sp³-hybridized carbons (Fsp3) is 0.125. The number of carbonyl (C=O) groups excluding carboxylic acids is 2. The molecule has 0 fully saturated rings. The molecule has 126 valence electrons. The van der Waals surface area contributed by atoms with E-state index in [9.17, 15) is 14.0 Å². The first-order valence-electron chi connectivity index (χ1n) is 6.74. The van der Waals surface area contributed by atoms with Gasteiger partial charge in [0.15, 0.2) is 0 Å². The summed E-state index contributed by atoms with van der Waals surface area (Å²) in [7, 11) is 2.78. The predicted molar refractivity (Wildman–Crippen MR) is 85.9 cm³/mol. The van der Waals surface area contributed by atoms with E-state index in [-0.39, 0.29) is 22.6 Å². The van der Waals surface area contributed by atoms with Gasteiger partial charge in [-0.1, -0.05) is 11.6 Å². The van der Waals surface area contributed by atoms with Gasteiger partial charge in [0.05, 0.1) is 25.3 Å². The van der Waals surface area contributed by atoms with Crippen LogP contribution in [0.5, 0.6) is 11.5 Å². The highest BCUT2D eigenvalue weighted by Gasteiger charge is 2.16. The molecule has 2 N–H and O–H groups in total. The molecule has 0 radical (unpaired) electrons. The summed E-state index contributed by atoms with van der Waals surface area (Å²) in [5.74, 6) is -1.69. The molecule has 0 bridgehead atoms. The van der Waals surface area contributed by atoms with E-state index >= 15 is 0 Å². The number of amides is 2. The molecule has 0 aromatic heterocycles. The molecule has 24 heavy (non-hydrogen) atoms. The van der Waals surface area contributed by atoms with Crippen LogP contribution in [0.3, 0.4) is 0 Å². The number of benzene rings is 2. The SMILES string of the molecule is COc1ccc(C(=O)NNC(=O)c2cc(Cl)ccc2OC)c(F)c1. The van der Waals surface area contributed by atoms with Crippen molar-refractivity contribution in [3.05, 3.63) is 58.4 Å². The van der Waals surface area contributed by atoms with Crippen LogP contribution in [0.4, 0.5) is 4.39 Å². The van der Waals surface area contributed by atoms with Gasteiger partial charge in [-0.3, -0.25) is 20.4 Å². The summed E-state index contributed by atoms with van der Waals surface area (Å²) in [5, 5.41) is 0.327. The number of nitrogens with one attached hydrogen (secondary N) is 2. The Balaban J connectivity index is 2.09. The summed E-state index contributed by atoms with van der Waals surface area (Å²) in [6.45, 7) is 0. The van der Waals surface area contributed by atoms with E-state index in [1.807, 2.05) is 0 Å². The smallest absolute Gasteiger partial charge is 0.273 e. The maximum absolute atomic E-state index is 13.8. The van der Waals surface area contributed by atoms with Crippen LogP contribution in [0.2, 0.25) is 5.02 Å². The van der Waals surface area contributed by atoms with Crippen LogP contribution in [-0.4, -0.2) is 26.0 Å². The maximum atomic E-state index is 13.8. The molecule has 2 aromatic rings. The zero-order chi connectivity index (χ0) is 17.7. The average molecular weight is 353 g/mol. The van der Waals surface area contributed by atoms with Gasteiger partial charge in [0.1, 0.15) is 17.3 Å². The Bertz CT molecular complexity index is 783. The number of hydrazine groups is 1. The molecule has 0 spiro atoms. The average Bonchev–Trinajstić information content (AvgIpc) is 2.59. The number of hydrogen-bond acceptors (Lipinski definition) is 4. The Labute approximate surface area is 142 Å². The van der Waals surface area contributed by atoms with Crippen molar-refractivity contribution in [3.63, 3.8) is 0 Å². The zero-order valence-electron chi connectivity index (χ0n) is 12.9. The third kappa shape index (κ3) is 3.94. The van der Waals surface area contributed by atoms with E-state index < -0.39 is 17.6 Å². The Hall–Kier alpha value is -2.80. The molecule has 2 aromatic carbocycles. The lowest BCUT2D eigenvalue weighted by Crippen LogP contribution is -2.42. The van der Waals surface area contributed by atoms with Gasteiger partial charge in [-0.15, -0.1) is 0 Å². The van der Waals surface area contributed by atoms with Crippen LogP contribution in [0.1, 0.15) is 20.7 Å². The Morgan fingerprint density at radius 3 is 2.21 bits per heavy atom. The number of methoxy groups -OCH3 is 2. The molecule has 0 unspecified atom stereocenters. The van der Waals surface area contributed by atoms with E-state index in [2.05, 4.69) is 10.9 Å². The maximum Gasteiger partial charge on any atom is 0.273 e. The van der Waals surface area contributed by atoms with Crippen LogP contribution in [0.25, 0.3) is 0 Å². The summed E-state index contributed by atoms with van der Waals surface area (Å²) in [4.78, 5) is 24.1. The standard InChI is InChI=1S/C16H14ClFN2O4/c1-23-10-4-5-11(13(18)8-10)15(21)19-20-16(22)12-7-9(17)3-6-14(12)24-2/h3-8H,1-2H3,(H,19,21)(H,20,22). The molecular weight excluding hydrogens is 339 g/mol. The van der Waals surface area contributed by atoms with Gasteiger partial charge in [0.2, 0.25) is 0 Å². The van der Waals surface area contributed by atoms with Crippen LogP contribution in [0, 0.1) is 5.82 Å². The molecule has 8 heteroatoms. The van der Waals surface area contributed by atoms with Gasteiger partial charge < -0.3 is 9.47 Å². The summed E-state index contributed by atoms with van der Waals surface area (Å²) in [6.07, 6.45) is 0. The normalized spacial score (nSPS) is 10.0. The van der Waals surface area contributed by atoms with E-state index in [4.69, 9.17) is 21.1 Å². The van der Waals surface area contributed by atoms with Crippen LogP contribution < -0.4 is 20.3 Å². The van der Waals surface area contributed by atoms with Gasteiger partial charge in [-0.2, -0.15) is 0 Å². The van der Waals surface area contributed by atoms with E-state index in [1.165, 1.54) is 38.5 Å². The first-order valence-corrected chi connectivity index (χ1v) is 7.11. The number of hydrogen-bond donors (Lipinski definition) is 2. The fourth-order valence-electron chi connectivity index (χ4n) is 1.91. The lowest BCUT2D eigenvalue weighted by Gasteiger charge is -2.11. The fourth-order valence-corrected chi connectivity index (χ4v) is 2.08. The first kappa shape index (κ1) is 17.6. The number of halogens is 2. The lowest BCUT2D eigenvalue weighted by atomic mass is 10.2. The molecule has 0 aliphatic rings. The minimum absolute atomic E-state index is 0.125. The second-order valence-corrected chi connectivity index (χ2v) is 5.04. The third-order valence-corrected chi connectivity index (χ3v) is 3.35. The molecule has 0 saturated heterocycles. The lowest BCUT2D eigenvalue weighted by molar-refractivity contribution is 0.0842. The minimum atomic E-state index is -0.815. The highest BCUT2D eigenvalue weighted by Crippen LogP contribution is 2.22. The molecule has 0 atom stereocenters. The molecule has 0 aliphatic carbocycles. The highest BCUT2D eigenvalue weighted by molar-refractivity contribution is 6.31. The van der Waals surface area contributed by atoms with Crippen molar-refractivity contribution in [2.45, 2.75) is 0 Å². The molecule has 2 amide bonds. The monoisotopic (exact) mass is 352 g/mol. The number of ether oxygens (including phenoxy) is 2. The van der Waals surface area contributed by atoms with Crippen molar-refractivity contribution < 1.29 is 23.5 Å². The van der Waals surface area contributed by atoms with Crippen molar-refractivity contribution in [1.29, 1.82) is 0 Å². The molecule has 6 nitrogen and oxygen atoms in total. The van der Waals surface area contributed by atoms with Gasteiger partial charge >= 0.3 is 0 Å². The number of rotatable bonds is 4. The molecule has 0 saturated carbocycles. The predicted octanol–water partition coefficient (Wildman–Crippen LogP) is 2.57. The molecule has 0 heterocycles. The first-order chi connectivity index (χ1) is 11.5. The topological polar surface area (TPSA) is 76.7 Å². The highest BCUT2D eigenvalue weighted by atomic mass is 35.5. The Kier molecular flexibility index (Phi) is 5.59. The Morgan fingerprint density at radius 1 is 0.958 bits per heavy atom. The second-order valence-electron chi connectivity index (χ2n) is 4.60. The zero-order valence-corrected chi connectivity index (χ0v) is 13.6. The minimum Gasteiger partial charge on any atom is -0.497 e.